The van der Waals surface area contributed by atoms with Crippen molar-refractivity contribution in [2.24, 2.45) is 5.73 Å². The van der Waals surface area contributed by atoms with Crippen LogP contribution in [-0.4, -0.2) is 34.0 Å². The summed E-state index contributed by atoms with van der Waals surface area (Å²) in [4.78, 5) is 21.6. The number of nitrogens with two attached hydrogens (primary N) is 1. The summed E-state index contributed by atoms with van der Waals surface area (Å²) in [5, 5.41) is 13.6. The van der Waals surface area contributed by atoms with E-state index in [0.717, 1.165) is 22.5 Å². The van der Waals surface area contributed by atoms with Gasteiger partial charge in [-0.3, -0.25) is 14.7 Å². The minimum absolute atomic E-state index is 0.132. The second kappa shape index (κ2) is 11.7. The second-order valence-electron chi connectivity index (χ2n) is 9.56. The van der Waals surface area contributed by atoms with Crippen LogP contribution in [0.3, 0.4) is 0 Å². The van der Waals surface area contributed by atoms with Crippen molar-refractivity contribution in [3.8, 4) is 16.2 Å². The maximum absolute atomic E-state index is 13.3. The van der Waals surface area contributed by atoms with Gasteiger partial charge in [0.1, 0.15) is 5.75 Å². The maximum atomic E-state index is 13.3. The van der Waals surface area contributed by atoms with E-state index in [4.69, 9.17) is 5.73 Å². The molecular weight excluding hydrogens is 480 g/mol. The van der Waals surface area contributed by atoms with Gasteiger partial charge in [0.25, 0.3) is 5.91 Å². The number of aromatic hydroxyl groups is 1. The largest absolute Gasteiger partial charge is 0.508 e. The van der Waals surface area contributed by atoms with Crippen molar-refractivity contribution in [2.45, 2.75) is 37.9 Å². The first-order valence-electron chi connectivity index (χ1n) is 12.7. The van der Waals surface area contributed by atoms with E-state index in [1.807, 2.05) is 36.4 Å². The van der Waals surface area contributed by atoms with Gasteiger partial charge >= 0.3 is 0 Å². The minimum atomic E-state index is -0.459. The molecule has 2 unspecified atom stereocenters. The fraction of sp³-hybridized carbons (Fsp3) is 0.267. The Morgan fingerprint density at radius 1 is 1.03 bits per heavy atom. The molecule has 6 nitrogen and oxygen atoms in total. The summed E-state index contributed by atoms with van der Waals surface area (Å²) >= 11 is 1.46. The number of pyridine rings is 1. The van der Waals surface area contributed by atoms with Crippen molar-refractivity contribution in [1.29, 1.82) is 0 Å². The molecule has 0 bridgehead atoms. The van der Waals surface area contributed by atoms with Crippen molar-refractivity contribution in [3.63, 3.8) is 0 Å². The maximum Gasteiger partial charge on any atom is 0.261 e. The number of hydrogen-bond acceptors (Lipinski definition) is 6. The summed E-state index contributed by atoms with van der Waals surface area (Å²) in [6, 6.07) is 22.5. The number of likely N-dealkylation sites (tertiary alicyclic amines) is 1. The molecule has 0 aliphatic carbocycles. The zero-order valence-corrected chi connectivity index (χ0v) is 21.5. The number of nitrogens with one attached hydrogen (secondary N) is 1. The molecule has 2 atom stereocenters. The molecule has 4 aromatic rings. The number of rotatable bonds is 9. The first kappa shape index (κ1) is 25.1. The molecule has 0 spiro atoms. The Morgan fingerprint density at radius 3 is 2.54 bits per heavy atom. The molecule has 1 saturated heterocycles. The van der Waals surface area contributed by atoms with E-state index in [0.29, 0.717) is 16.9 Å². The van der Waals surface area contributed by atoms with Gasteiger partial charge in [-0.15, -0.1) is 11.3 Å². The Kier molecular flexibility index (Phi) is 7.94. The standard InChI is InChI=1S/C30H32N4O2S/c31-25(23-6-5-15-32-19-23)18-26(24-7-1-2-8-27(24)35)33-30(36)29-14-13-28(37-29)22-11-9-21(10-12-22)20-34-16-3-4-17-34/h1-2,5-15,19,25-26,35H,3-4,16-18,20,31H2,(H,33,36). The van der Waals surface area contributed by atoms with E-state index in [-0.39, 0.29) is 17.7 Å². The van der Waals surface area contributed by atoms with Crippen LogP contribution in [-0.2, 0) is 6.54 Å². The van der Waals surface area contributed by atoms with E-state index in [9.17, 15) is 9.90 Å². The Labute approximate surface area is 221 Å². The van der Waals surface area contributed by atoms with Crippen molar-refractivity contribution in [2.75, 3.05) is 13.1 Å². The number of phenols is 1. The summed E-state index contributed by atoms with van der Waals surface area (Å²) in [7, 11) is 0. The van der Waals surface area contributed by atoms with Gasteiger partial charge in [-0.2, -0.15) is 0 Å². The van der Waals surface area contributed by atoms with Crippen LogP contribution in [0, 0.1) is 0 Å². The lowest BCUT2D eigenvalue weighted by molar-refractivity contribution is 0.0937. The van der Waals surface area contributed by atoms with Crippen molar-refractivity contribution in [3.05, 3.63) is 107 Å². The second-order valence-corrected chi connectivity index (χ2v) is 10.6. The Bertz CT molecular complexity index is 1320. The molecule has 3 heterocycles. The van der Waals surface area contributed by atoms with Gasteiger partial charge in [0.2, 0.25) is 0 Å². The number of carbonyl (C=O) groups excluding carboxylic acids is 1. The minimum Gasteiger partial charge on any atom is -0.508 e. The number of amides is 1. The van der Waals surface area contributed by atoms with Crippen LogP contribution in [0.5, 0.6) is 5.75 Å². The summed E-state index contributed by atoms with van der Waals surface area (Å²) in [5.74, 6) is -0.0550. The van der Waals surface area contributed by atoms with Crippen LogP contribution in [0.4, 0.5) is 0 Å². The van der Waals surface area contributed by atoms with Gasteiger partial charge in [0, 0.05) is 35.4 Å². The molecule has 1 amide bonds. The first-order valence-corrected chi connectivity index (χ1v) is 13.5. The molecular formula is C30H32N4O2S. The summed E-state index contributed by atoms with van der Waals surface area (Å²) in [6.07, 6.45) is 6.44. The number of nitrogens with zero attached hydrogens (tertiary/aromatic N) is 2. The van der Waals surface area contributed by atoms with Crippen LogP contribution >= 0.6 is 11.3 Å². The summed E-state index contributed by atoms with van der Waals surface area (Å²) in [6.45, 7) is 3.35. The van der Waals surface area contributed by atoms with Crippen LogP contribution in [0.2, 0.25) is 0 Å². The number of carbonyl (C=O) groups is 1. The number of hydrogen-bond donors (Lipinski definition) is 3. The van der Waals surface area contributed by atoms with Crippen LogP contribution in [0.25, 0.3) is 10.4 Å². The van der Waals surface area contributed by atoms with Gasteiger partial charge in [0.15, 0.2) is 0 Å². The van der Waals surface area contributed by atoms with Crippen molar-refractivity contribution in [1.82, 2.24) is 15.2 Å². The molecule has 0 saturated carbocycles. The van der Waals surface area contributed by atoms with Crippen molar-refractivity contribution < 1.29 is 9.90 Å². The zero-order chi connectivity index (χ0) is 25.6. The zero-order valence-electron chi connectivity index (χ0n) is 20.7. The number of phenolic OH excluding ortho intramolecular Hbond substituents is 1. The molecule has 2 aromatic heterocycles. The van der Waals surface area contributed by atoms with Crippen LogP contribution < -0.4 is 11.1 Å². The van der Waals surface area contributed by atoms with Gasteiger partial charge in [-0.25, -0.2) is 0 Å². The molecule has 1 fully saturated rings. The third-order valence-corrected chi connectivity index (χ3v) is 8.03. The molecule has 2 aromatic carbocycles. The van der Waals surface area contributed by atoms with Gasteiger partial charge in [-0.1, -0.05) is 48.5 Å². The highest BCUT2D eigenvalue weighted by Crippen LogP contribution is 2.32. The lowest BCUT2D eigenvalue weighted by atomic mass is 9.95. The Balaban J connectivity index is 1.30. The fourth-order valence-electron chi connectivity index (χ4n) is 4.85. The summed E-state index contributed by atoms with van der Waals surface area (Å²) in [5.41, 5.74) is 10.4. The summed E-state index contributed by atoms with van der Waals surface area (Å²) < 4.78 is 0. The van der Waals surface area contributed by atoms with Crippen molar-refractivity contribution >= 4 is 17.2 Å². The van der Waals surface area contributed by atoms with E-state index in [1.54, 1.807) is 24.5 Å². The highest BCUT2D eigenvalue weighted by Gasteiger charge is 2.23. The Morgan fingerprint density at radius 2 is 1.81 bits per heavy atom. The molecule has 190 valence electrons. The van der Waals surface area contributed by atoms with Gasteiger partial charge in [-0.05, 0) is 73.3 Å². The molecule has 0 radical (unpaired) electrons. The average molecular weight is 513 g/mol. The van der Waals surface area contributed by atoms with Gasteiger partial charge < -0.3 is 16.2 Å². The molecule has 37 heavy (non-hydrogen) atoms. The average Bonchev–Trinajstić information content (AvgIpc) is 3.62. The number of para-hydroxylation sites is 1. The topological polar surface area (TPSA) is 91.5 Å². The third kappa shape index (κ3) is 6.25. The lowest BCUT2D eigenvalue weighted by Gasteiger charge is -2.23. The van der Waals surface area contributed by atoms with E-state index in [1.165, 1.54) is 42.8 Å². The highest BCUT2D eigenvalue weighted by molar-refractivity contribution is 7.17. The van der Waals surface area contributed by atoms with Crippen LogP contribution in [0.1, 0.15) is 57.7 Å². The Hall–Kier alpha value is -3.52. The lowest BCUT2D eigenvalue weighted by Crippen LogP contribution is -2.30. The third-order valence-electron chi connectivity index (χ3n) is 6.89. The normalized spacial score (nSPS) is 15.4. The van der Waals surface area contributed by atoms with E-state index >= 15 is 0 Å². The molecule has 7 heteroatoms. The molecule has 4 N–H and O–H groups in total. The fourth-order valence-corrected chi connectivity index (χ4v) is 5.76. The number of aromatic nitrogens is 1. The monoisotopic (exact) mass is 512 g/mol. The van der Waals surface area contributed by atoms with E-state index < -0.39 is 6.04 Å². The van der Waals surface area contributed by atoms with Crippen LogP contribution in [0.15, 0.2) is 85.2 Å². The quantitative estimate of drug-likeness (QED) is 0.269. The molecule has 1 aliphatic rings. The van der Waals surface area contributed by atoms with Gasteiger partial charge in [0.05, 0.1) is 10.9 Å². The smallest absolute Gasteiger partial charge is 0.261 e. The molecule has 5 rings (SSSR count). The highest BCUT2D eigenvalue weighted by atomic mass is 32.1. The first-order chi connectivity index (χ1) is 18.1. The predicted octanol–water partition coefficient (Wildman–Crippen LogP) is 5.67. The predicted molar refractivity (Wildman–Crippen MR) is 148 cm³/mol. The van der Waals surface area contributed by atoms with E-state index in [2.05, 4.69) is 39.5 Å². The number of benzene rings is 2. The molecule has 1 aliphatic heterocycles. The SMILES string of the molecule is NC(CC(NC(=O)c1ccc(-c2ccc(CN3CCCC3)cc2)s1)c1ccccc1O)c1cccnc1. The number of thiophene rings is 1.